The molecule has 0 radical (unpaired) electrons. The number of benzene rings is 1. The third-order valence-electron chi connectivity index (χ3n) is 3.26. The van der Waals surface area contributed by atoms with Crippen molar-refractivity contribution < 1.29 is 4.79 Å². The number of carbonyl (C=O) groups is 1. The summed E-state index contributed by atoms with van der Waals surface area (Å²) in [5, 5.41) is 13.9. The topological polar surface area (TPSA) is 105 Å². The van der Waals surface area contributed by atoms with Crippen molar-refractivity contribution in [3.05, 3.63) is 41.2 Å². The summed E-state index contributed by atoms with van der Waals surface area (Å²) < 4.78 is 1.41. The minimum Gasteiger partial charge on any atom is -0.375 e. The zero-order valence-electron chi connectivity index (χ0n) is 13.3. The van der Waals surface area contributed by atoms with Crippen LogP contribution in [-0.4, -0.2) is 49.9 Å². The lowest BCUT2D eigenvalue weighted by Crippen LogP contribution is -2.18. The maximum atomic E-state index is 12.5. The lowest BCUT2D eigenvalue weighted by atomic mass is 10.2. The molecule has 2 N–H and O–H groups in total. The average Bonchev–Trinajstić information content (AvgIpc) is 3.15. The Morgan fingerprint density at radius 2 is 2.17 bits per heavy atom. The SMILES string of the molecule is Cc1nc(C(=O)Nc2cccc(Cl)c2N(C)C)nn1-c1ncn[nH]1. The van der Waals surface area contributed by atoms with Gasteiger partial charge in [-0.3, -0.25) is 4.79 Å². The Labute approximate surface area is 142 Å². The Morgan fingerprint density at radius 1 is 1.38 bits per heavy atom. The molecular weight excluding hydrogens is 332 g/mol. The molecule has 9 nitrogen and oxygen atoms in total. The van der Waals surface area contributed by atoms with Gasteiger partial charge in [-0.05, 0) is 19.1 Å². The van der Waals surface area contributed by atoms with E-state index in [1.54, 1.807) is 25.1 Å². The van der Waals surface area contributed by atoms with Gasteiger partial charge >= 0.3 is 0 Å². The van der Waals surface area contributed by atoms with Gasteiger partial charge in [-0.15, -0.1) is 5.10 Å². The molecule has 0 unspecified atom stereocenters. The number of carbonyl (C=O) groups excluding carboxylic acids is 1. The highest BCUT2D eigenvalue weighted by Crippen LogP contribution is 2.32. The second kappa shape index (κ2) is 6.28. The highest BCUT2D eigenvalue weighted by molar-refractivity contribution is 6.34. The summed E-state index contributed by atoms with van der Waals surface area (Å²) in [6.45, 7) is 1.72. The molecule has 0 saturated heterocycles. The van der Waals surface area contributed by atoms with Crippen molar-refractivity contribution in [3.63, 3.8) is 0 Å². The molecule has 0 bridgehead atoms. The molecule has 0 aliphatic heterocycles. The molecule has 0 fully saturated rings. The molecule has 1 amide bonds. The summed E-state index contributed by atoms with van der Waals surface area (Å²) in [6, 6.07) is 5.28. The van der Waals surface area contributed by atoms with Crippen LogP contribution in [0.3, 0.4) is 0 Å². The molecule has 0 aliphatic rings. The van der Waals surface area contributed by atoms with Crippen LogP contribution >= 0.6 is 11.6 Å². The third-order valence-corrected chi connectivity index (χ3v) is 3.56. The first-order chi connectivity index (χ1) is 11.5. The predicted octanol–water partition coefficient (Wildman–Crippen LogP) is 1.67. The largest absolute Gasteiger partial charge is 0.375 e. The maximum absolute atomic E-state index is 12.5. The number of amides is 1. The Hall–Kier alpha value is -2.94. The number of aryl methyl sites for hydroxylation is 1. The van der Waals surface area contributed by atoms with Gasteiger partial charge in [0.2, 0.25) is 11.8 Å². The van der Waals surface area contributed by atoms with E-state index in [9.17, 15) is 4.79 Å². The highest BCUT2D eigenvalue weighted by atomic mass is 35.5. The molecule has 3 aromatic rings. The standard InChI is InChI=1S/C14H15ClN8O/c1-8-18-12(21-23(8)14-16-7-17-20-14)13(24)19-10-6-4-5-9(15)11(10)22(2)3/h4-7H,1-3H3,(H,19,24)(H,16,17,20). The van der Waals surface area contributed by atoms with E-state index in [0.717, 1.165) is 0 Å². The molecule has 0 spiro atoms. The number of para-hydroxylation sites is 1. The van der Waals surface area contributed by atoms with Crippen molar-refractivity contribution in [3.8, 4) is 5.95 Å². The quantitative estimate of drug-likeness (QED) is 0.744. The lowest BCUT2D eigenvalue weighted by molar-refractivity contribution is 0.101. The zero-order chi connectivity index (χ0) is 17.3. The van der Waals surface area contributed by atoms with Crippen LogP contribution in [0.5, 0.6) is 0 Å². The number of aromatic nitrogens is 6. The van der Waals surface area contributed by atoms with E-state index in [0.29, 0.717) is 28.2 Å². The van der Waals surface area contributed by atoms with Crippen LogP contribution in [0.15, 0.2) is 24.5 Å². The normalized spacial score (nSPS) is 10.7. The second-order valence-electron chi connectivity index (χ2n) is 5.19. The van der Waals surface area contributed by atoms with Crippen LogP contribution in [0.25, 0.3) is 5.95 Å². The van der Waals surface area contributed by atoms with Crippen molar-refractivity contribution >= 4 is 28.9 Å². The van der Waals surface area contributed by atoms with Gasteiger partial charge in [0.25, 0.3) is 5.91 Å². The summed E-state index contributed by atoms with van der Waals surface area (Å²) >= 11 is 6.20. The molecule has 0 atom stereocenters. The number of rotatable bonds is 4. The van der Waals surface area contributed by atoms with Crippen molar-refractivity contribution in [2.75, 3.05) is 24.3 Å². The van der Waals surface area contributed by atoms with Gasteiger partial charge < -0.3 is 10.2 Å². The van der Waals surface area contributed by atoms with E-state index >= 15 is 0 Å². The van der Waals surface area contributed by atoms with Gasteiger partial charge in [-0.2, -0.15) is 14.8 Å². The third kappa shape index (κ3) is 2.93. The molecule has 2 heterocycles. The van der Waals surface area contributed by atoms with Crippen LogP contribution in [0.1, 0.15) is 16.4 Å². The molecule has 124 valence electrons. The molecule has 2 aromatic heterocycles. The van der Waals surface area contributed by atoms with Gasteiger partial charge in [0.1, 0.15) is 12.2 Å². The van der Waals surface area contributed by atoms with E-state index in [-0.39, 0.29) is 5.82 Å². The number of aromatic amines is 1. The molecule has 10 heteroatoms. The summed E-state index contributed by atoms with van der Waals surface area (Å²) in [5.41, 5.74) is 1.28. The first-order valence-electron chi connectivity index (χ1n) is 7.04. The molecule has 1 aromatic carbocycles. The number of hydrogen-bond acceptors (Lipinski definition) is 6. The van der Waals surface area contributed by atoms with E-state index in [4.69, 9.17) is 11.6 Å². The van der Waals surface area contributed by atoms with Crippen molar-refractivity contribution in [1.29, 1.82) is 0 Å². The molecule has 3 rings (SSSR count). The van der Waals surface area contributed by atoms with Crippen LogP contribution in [0.4, 0.5) is 11.4 Å². The summed E-state index contributed by atoms with van der Waals surface area (Å²) in [4.78, 5) is 22.5. The average molecular weight is 347 g/mol. The number of nitrogens with zero attached hydrogens (tertiary/aromatic N) is 6. The Balaban J connectivity index is 1.89. The van der Waals surface area contributed by atoms with E-state index in [1.165, 1.54) is 11.0 Å². The Bertz CT molecular complexity index is 871. The van der Waals surface area contributed by atoms with Crippen LogP contribution in [0.2, 0.25) is 5.02 Å². The first-order valence-corrected chi connectivity index (χ1v) is 7.41. The van der Waals surface area contributed by atoms with Gasteiger partial charge in [0, 0.05) is 14.1 Å². The molecular formula is C14H15ClN8O. The van der Waals surface area contributed by atoms with Crippen molar-refractivity contribution in [2.24, 2.45) is 0 Å². The molecule has 0 saturated carbocycles. The monoisotopic (exact) mass is 346 g/mol. The van der Waals surface area contributed by atoms with E-state index in [2.05, 4.69) is 30.6 Å². The van der Waals surface area contributed by atoms with Gasteiger partial charge in [-0.25, -0.2) is 10.1 Å². The smallest absolute Gasteiger partial charge is 0.295 e. The fourth-order valence-corrected chi connectivity index (χ4v) is 2.58. The lowest BCUT2D eigenvalue weighted by Gasteiger charge is -2.18. The number of halogens is 1. The number of hydrogen-bond donors (Lipinski definition) is 2. The minimum atomic E-state index is -0.443. The minimum absolute atomic E-state index is 0.0218. The Morgan fingerprint density at radius 3 is 2.83 bits per heavy atom. The Kier molecular flexibility index (Phi) is 4.17. The van der Waals surface area contributed by atoms with Crippen LogP contribution in [-0.2, 0) is 0 Å². The fraction of sp³-hybridized carbons (Fsp3) is 0.214. The summed E-state index contributed by atoms with van der Waals surface area (Å²) in [7, 11) is 3.69. The summed E-state index contributed by atoms with van der Waals surface area (Å²) in [6.07, 6.45) is 1.35. The second-order valence-corrected chi connectivity index (χ2v) is 5.60. The van der Waals surface area contributed by atoms with Crippen molar-refractivity contribution in [1.82, 2.24) is 29.9 Å². The number of nitrogens with one attached hydrogen (secondary N) is 2. The van der Waals surface area contributed by atoms with E-state index in [1.807, 2.05) is 19.0 Å². The van der Waals surface area contributed by atoms with Crippen LogP contribution < -0.4 is 10.2 Å². The first kappa shape index (κ1) is 15.9. The van der Waals surface area contributed by atoms with Gasteiger partial charge in [-0.1, -0.05) is 17.7 Å². The molecule has 24 heavy (non-hydrogen) atoms. The van der Waals surface area contributed by atoms with Crippen LogP contribution in [0, 0.1) is 6.92 Å². The zero-order valence-corrected chi connectivity index (χ0v) is 14.0. The highest BCUT2D eigenvalue weighted by Gasteiger charge is 2.19. The fourth-order valence-electron chi connectivity index (χ4n) is 2.24. The van der Waals surface area contributed by atoms with Crippen molar-refractivity contribution in [2.45, 2.75) is 6.92 Å². The molecule has 0 aliphatic carbocycles. The summed E-state index contributed by atoms with van der Waals surface area (Å²) in [5.74, 6) is 0.474. The predicted molar refractivity (Wildman–Crippen MR) is 89.8 cm³/mol. The van der Waals surface area contributed by atoms with Gasteiger partial charge in [0.05, 0.1) is 16.4 Å². The van der Waals surface area contributed by atoms with E-state index < -0.39 is 5.91 Å². The number of H-pyrrole nitrogens is 1. The van der Waals surface area contributed by atoms with Gasteiger partial charge in [0.15, 0.2) is 0 Å². The number of anilines is 2. The maximum Gasteiger partial charge on any atom is 0.295 e.